The number of nitriles is 1. The molecular weight excluding hydrogens is 591 g/mol. The average molecular weight is 613 g/mol. The Balaban J connectivity index is 1.60. The van der Waals surface area contributed by atoms with Gasteiger partial charge in [0.05, 0.1) is 32.9 Å². The Morgan fingerprint density at radius 1 is 1.17 bits per heavy atom. The molecule has 4 rings (SSSR count). The van der Waals surface area contributed by atoms with Crippen molar-refractivity contribution in [2.24, 2.45) is 0 Å². The lowest BCUT2D eigenvalue weighted by molar-refractivity contribution is -0.113. The van der Waals surface area contributed by atoms with E-state index in [0.717, 1.165) is 31.5 Å². The second-order valence-corrected chi connectivity index (χ2v) is 10.7. The first kappa shape index (κ1) is 25.2. The number of hydrogen-bond acceptors (Lipinski definition) is 6. The number of halogens is 1. The summed E-state index contributed by atoms with van der Waals surface area (Å²) in [4.78, 5) is 15.4. The van der Waals surface area contributed by atoms with Crippen LogP contribution in [0.15, 0.2) is 59.5 Å². The van der Waals surface area contributed by atoms with E-state index in [4.69, 9.17) is 21.7 Å². The Morgan fingerprint density at radius 3 is 2.66 bits per heavy atom. The fraction of sp³-hybridized carbons (Fsp3) is 0.148. The van der Waals surface area contributed by atoms with Gasteiger partial charge >= 0.3 is 0 Å². The molecule has 0 atom stereocenters. The lowest BCUT2D eigenvalue weighted by atomic mass is 10.1. The van der Waals surface area contributed by atoms with Crippen LogP contribution in [-0.2, 0) is 11.4 Å². The van der Waals surface area contributed by atoms with Crippen molar-refractivity contribution in [1.29, 1.82) is 5.26 Å². The van der Waals surface area contributed by atoms with Crippen LogP contribution in [0.25, 0.3) is 6.08 Å². The predicted octanol–water partition coefficient (Wildman–Crippen LogP) is 6.77. The molecule has 0 saturated carbocycles. The van der Waals surface area contributed by atoms with Crippen LogP contribution in [-0.4, -0.2) is 17.3 Å². The largest absolute Gasteiger partial charge is 0.493 e. The van der Waals surface area contributed by atoms with Gasteiger partial charge in [0.2, 0.25) is 0 Å². The number of amides is 1. The Hall–Kier alpha value is -2.87. The minimum atomic E-state index is -0.144. The number of nitrogens with zero attached hydrogens (tertiary/aromatic N) is 2. The van der Waals surface area contributed by atoms with Crippen molar-refractivity contribution in [3.05, 3.63) is 90.9 Å². The highest BCUT2D eigenvalue weighted by molar-refractivity contribution is 14.1. The SMILES string of the molecule is COc1cc(/C=C2/SC(=S)N(c3ccc(C)cc3C)C2=O)cc(I)c1OCc1ccccc1C#N. The Labute approximate surface area is 227 Å². The van der Waals surface area contributed by atoms with Crippen molar-refractivity contribution < 1.29 is 14.3 Å². The molecule has 0 aromatic heterocycles. The van der Waals surface area contributed by atoms with Crippen LogP contribution >= 0.6 is 46.6 Å². The molecule has 3 aromatic carbocycles. The maximum atomic E-state index is 13.2. The molecular formula is C27H21IN2O3S2. The molecule has 0 unspecified atom stereocenters. The summed E-state index contributed by atoms with van der Waals surface area (Å²) in [6.07, 6.45) is 1.82. The van der Waals surface area contributed by atoms with Crippen LogP contribution in [0.5, 0.6) is 11.5 Å². The number of benzene rings is 3. The van der Waals surface area contributed by atoms with E-state index in [0.29, 0.717) is 26.3 Å². The summed E-state index contributed by atoms with van der Waals surface area (Å²) in [5.41, 5.74) is 5.11. The molecule has 0 spiro atoms. The number of methoxy groups -OCH3 is 1. The van der Waals surface area contributed by atoms with Crippen molar-refractivity contribution in [3.63, 3.8) is 0 Å². The Kier molecular flexibility index (Phi) is 7.79. The summed E-state index contributed by atoms with van der Waals surface area (Å²) >= 11 is 9.01. The average Bonchev–Trinajstić information content (AvgIpc) is 3.10. The molecule has 0 N–H and O–H groups in total. The molecule has 1 aliphatic heterocycles. The molecule has 35 heavy (non-hydrogen) atoms. The molecule has 0 radical (unpaired) electrons. The zero-order valence-corrected chi connectivity index (χ0v) is 23.1. The highest BCUT2D eigenvalue weighted by Gasteiger charge is 2.34. The molecule has 8 heteroatoms. The first-order valence-corrected chi connectivity index (χ1v) is 13.0. The number of anilines is 1. The maximum Gasteiger partial charge on any atom is 0.270 e. The topological polar surface area (TPSA) is 62.6 Å². The number of rotatable bonds is 6. The first-order valence-electron chi connectivity index (χ1n) is 10.7. The van der Waals surface area contributed by atoms with E-state index >= 15 is 0 Å². The van der Waals surface area contributed by atoms with E-state index in [9.17, 15) is 10.1 Å². The van der Waals surface area contributed by atoms with Gasteiger partial charge in [-0.3, -0.25) is 9.69 Å². The summed E-state index contributed by atoms with van der Waals surface area (Å²) in [7, 11) is 1.57. The lowest BCUT2D eigenvalue weighted by Gasteiger charge is -2.17. The fourth-order valence-corrected chi connectivity index (χ4v) is 5.82. The van der Waals surface area contributed by atoms with Gasteiger partial charge < -0.3 is 9.47 Å². The molecule has 1 fully saturated rings. The Morgan fingerprint density at radius 2 is 1.94 bits per heavy atom. The van der Waals surface area contributed by atoms with Crippen molar-refractivity contribution >= 4 is 68.6 Å². The molecule has 1 saturated heterocycles. The number of hydrogen-bond donors (Lipinski definition) is 0. The van der Waals surface area contributed by atoms with Gasteiger partial charge in [0.15, 0.2) is 15.8 Å². The summed E-state index contributed by atoms with van der Waals surface area (Å²) in [5, 5.41) is 9.32. The number of carbonyl (C=O) groups excluding carboxylic acids is 1. The van der Waals surface area contributed by atoms with Crippen LogP contribution in [0.4, 0.5) is 5.69 Å². The fourth-order valence-electron chi connectivity index (χ4n) is 3.75. The summed E-state index contributed by atoms with van der Waals surface area (Å²) < 4.78 is 13.0. The normalized spacial score (nSPS) is 14.4. The van der Waals surface area contributed by atoms with Crippen molar-refractivity contribution in [2.45, 2.75) is 20.5 Å². The lowest BCUT2D eigenvalue weighted by Crippen LogP contribution is -2.28. The van der Waals surface area contributed by atoms with E-state index < -0.39 is 0 Å². The quantitative estimate of drug-likeness (QED) is 0.174. The number of aryl methyl sites for hydroxylation is 2. The summed E-state index contributed by atoms with van der Waals surface area (Å²) in [6, 6.07) is 19.2. The van der Waals surface area contributed by atoms with Gasteiger partial charge in [-0.2, -0.15) is 5.26 Å². The maximum absolute atomic E-state index is 13.2. The van der Waals surface area contributed by atoms with Gasteiger partial charge in [-0.25, -0.2) is 0 Å². The zero-order chi connectivity index (χ0) is 25.1. The molecule has 176 valence electrons. The third-order valence-electron chi connectivity index (χ3n) is 5.45. The van der Waals surface area contributed by atoms with E-state index in [2.05, 4.69) is 28.7 Å². The number of ether oxygens (including phenoxy) is 2. The predicted molar refractivity (Wildman–Crippen MR) is 153 cm³/mol. The highest BCUT2D eigenvalue weighted by Crippen LogP contribution is 2.40. The van der Waals surface area contributed by atoms with Gasteiger partial charge in [-0.05, 0) is 77.9 Å². The second-order valence-electron chi connectivity index (χ2n) is 7.90. The van der Waals surface area contributed by atoms with Crippen molar-refractivity contribution in [1.82, 2.24) is 0 Å². The molecule has 0 aliphatic carbocycles. The molecule has 5 nitrogen and oxygen atoms in total. The van der Waals surface area contributed by atoms with Crippen LogP contribution in [0.3, 0.4) is 0 Å². The number of thioether (sulfide) groups is 1. The third-order valence-corrected chi connectivity index (χ3v) is 7.55. The van der Waals surface area contributed by atoms with Crippen LogP contribution in [0.1, 0.15) is 27.8 Å². The second kappa shape index (κ2) is 10.8. The minimum Gasteiger partial charge on any atom is -0.493 e. The molecule has 0 bridgehead atoms. The van der Waals surface area contributed by atoms with Gasteiger partial charge in [-0.15, -0.1) is 0 Å². The first-order chi connectivity index (χ1) is 16.8. The van der Waals surface area contributed by atoms with Gasteiger partial charge in [-0.1, -0.05) is 59.9 Å². The van der Waals surface area contributed by atoms with Crippen molar-refractivity contribution in [2.75, 3.05) is 12.0 Å². The number of carbonyl (C=O) groups is 1. The van der Waals surface area contributed by atoms with Crippen LogP contribution < -0.4 is 14.4 Å². The Bertz CT molecular complexity index is 1410. The van der Waals surface area contributed by atoms with Gasteiger partial charge in [0.1, 0.15) is 6.61 Å². The smallest absolute Gasteiger partial charge is 0.270 e. The van der Waals surface area contributed by atoms with Crippen LogP contribution in [0.2, 0.25) is 0 Å². The summed E-state index contributed by atoms with van der Waals surface area (Å²) in [5.74, 6) is 0.984. The highest BCUT2D eigenvalue weighted by atomic mass is 127. The molecule has 1 heterocycles. The third kappa shape index (κ3) is 5.37. The zero-order valence-electron chi connectivity index (χ0n) is 19.3. The monoisotopic (exact) mass is 612 g/mol. The van der Waals surface area contributed by atoms with E-state index in [1.165, 1.54) is 11.8 Å². The van der Waals surface area contributed by atoms with E-state index in [1.54, 1.807) is 18.1 Å². The van der Waals surface area contributed by atoms with E-state index in [1.807, 2.05) is 68.5 Å². The molecule has 1 amide bonds. The van der Waals surface area contributed by atoms with Gasteiger partial charge in [0, 0.05) is 5.56 Å². The number of thiocarbonyl (C=S) groups is 1. The van der Waals surface area contributed by atoms with Gasteiger partial charge in [0.25, 0.3) is 5.91 Å². The molecule has 3 aromatic rings. The van der Waals surface area contributed by atoms with Crippen molar-refractivity contribution in [3.8, 4) is 17.6 Å². The molecule has 1 aliphatic rings. The summed E-state index contributed by atoms with van der Waals surface area (Å²) in [6.45, 7) is 4.24. The van der Waals surface area contributed by atoms with Crippen LogP contribution in [0, 0.1) is 28.7 Å². The van der Waals surface area contributed by atoms with E-state index in [-0.39, 0.29) is 12.5 Å². The minimum absolute atomic E-state index is 0.144. The standard InChI is InChI=1S/C27H21IN2O3S2/c1-16-8-9-22(17(2)10-16)30-26(31)24(35-27(30)34)13-18-11-21(28)25(23(12-18)32-3)33-15-20-7-5-4-6-19(20)14-29/h4-13H,15H2,1-3H3/b24-13+.